The molecular weight excluding hydrogens is 328 g/mol. The van der Waals surface area contributed by atoms with Gasteiger partial charge in [0, 0.05) is 43.0 Å². The number of aromatic nitrogens is 2. The lowest BCUT2D eigenvalue weighted by Crippen LogP contribution is -2.42. The molecule has 1 aromatic heterocycles. The van der Waals surface area contributed by atoms with Gasteiger partial charge in [0.25, 0.3) is 5.91 Å². The van der Waals surface area contributed by atoms with Gasteiger partial charge in [0.1, 0.15) is 16.4 Å². The van der Waals surface area contributed by atoms with E-state index in [2.05, 4.69) is 14.9 Å². The molecule has 0 saturated carbocycles. The van der Waals surface area contributed by atoms with Gasteiger partial charge >= 0.3 is 0 Å². The lowest BCUT2D eigenvalue weighted by atomic mass is 10.0. The van der Waals surface area contributed by atoms with E-state index in [1.54, 1.807) is 14.2 Å². The van der Waals surface area contributed by atoms with Crippen LogP contribution in [0.1, 0.15) is 22.5 Å². The molecular formula is C16H20N4O3S. The Labute approximate surface area is 144 Å². The van der Waals surface area contributed by atoms with E-state index in [9.17, 15) is 4.79 Å². The highest BCUT2D eigenvalue weighted by Gasteiger charge is 2.24. The van der Waals surface area contributed by atoms with Gasteiger partial charge in [-0.05, 0) is 24.4 Å². The van der Waals surface area contributed by atoms with Crippen LogP contribution in [0.3, 0.4) is 0 Å². The maximum absolute atomic E-state index is 12.3. The summed E-state index contributed by atoms with van der Waals surface area (Å²) in [6.45, 7) is 1.44. The van der Waals surface area contributed by atoms with Crippen LogP contribution in [0.15, 0.2) is 24.4 Å². The van der Waals surface area contributed by atoms with Crippen molar-refractivity contribution in [3.63, 3.8) is 0 Å². The van der Waals surface area contributed by atoms with Crippen molar-refractivity contribution in [2.75, 3.05) is 32.6 Å². The van der Waals surface area contributed by atoms with E-state index < -0.39 is 0 Å². The predicted molar refractivity (Wildman–Crippen MR) is 92.0 cm³/mol. The Hall–Kier alpha value is -2.35. The van der Waals surface area contributed by atoms with Crippen LogP contribution in [0, 0.1) is 0 Å². The quantitative estimate of drug-likeness (QED) is 0.893. The standard InChI is InChI=1S/C16H20N4O3S/c1-22-13-7-12(8-14(9-13)23-2)18-11-3-5-20(6-4-11)16(21)15-10-17-19-24-15/h7-11,18H,3-6H2,1-2H3. The number of carbonyl (C=O) groups is 1. The molecule has 128 valence electrons. The Morgan fingerprint density at radius 3 is 2.42 bits per heavy atom. The summed E-state index contributed by atoms with van der Waals surface area (Å²) in [5.74, 6) is 1.52. The van der Waals surface area contributed by atoms with Crippen molar-refractivity contribution in [1.29, 1.82) is 0 Å². The molecule has 1 N–H and O–H groups in total. The summed E-state index contributed by atoms with van der Waals surface area (Å²) >= 11 is 1.14. The molecule has 1 fully saturated rings. The van der Waals surface area contributed by atoms with Crippen LogP contribution in [0.2, 0.25) is 0 Å². The molecule has 2 aromatic rings. The highest BCUT2D eigenvalue weighted by atomic mass is 32.1. The van der Waals surface area contributed by atoms with Crippen LogP contribution >= 0.6 is 11.5 Å². The summed E-state index contributed by atoms with van der Waals surface area (Å²) in [5, 5.41) is 7.23. The van der Waals surface area contributed by atoms with Gasteiger partial charge in [0.2, 0.25) is 0 Å². The molecule has 8 heteroatoms. The van der Waals surface area contributed by atoms with E-state index >= 15 is 0 Å². The smallest absolute Gasteiger partial charge is 0.267 e. The van der Waals surface area contributed by atoms with Crippen molar-refractivity contribution < 1.29 is 14.3 Å². The number of hydrogen-bond donors (Lipinski definition) is 1. The van der Waals surface area contributed by atoms with Gasteiger partial charge in [0.15, 0.2) is 0 Å². The largest absolute Gasteiger partial charge is 0.497 e. The first-order valence-electron chi connectivity index (χ1n) is 7.76. The Morgan fingerprint density at radius 1 is 1.21 bits per heavy atom. The summed E-state index contributed by atoms with van der Waals surface area (Å²) in [7, 11) is 3.27. The number of benzene rings is 1. The van der Waals surface area contributed by atoms with Crippen molar-refractivity contribution in [3.8, 4) is 11.5 Å². The highest BCUT2D eigenvalue weighted by molar-refractivity contribution is 7.07. The molecule has 0 spiro atoms. The summed E-state index contributed by atoms with van der Waals surface area (Å²) in [6, 6.07) is 6.05. The predicted octanol–water partition coefficient (Wildman–Crippen LogP) is 2.27. The number of methoxy groups -OCH3 is 2. The van der Waals surface area contributed by atoms with Crippen LogP contribution < -0.4 is 14.8 Å². The minimum atomic E-state index is 0.0199. The maximum atomic E-state index is 12.3. The molecule has 24 heavy (non-hydrogen) atoms. The molecule has 7 nitrogen and oxygen atoms in total. The van der Waals surface area contributed by atoms with E-state index in [4.69, 9.17) is 9.47 Å². The van der Waals surface area contributed by atoms with Crippen molar-refractivity contribution >= 4 is 23.1 Å². The Morgan fingerprint density at radius 2 is 1.88 bits per heavy atom. The number of amides is 1. The van der Waals surface area contributed by atoms with Gasteiger partial charge in [-0.15, -0.1) is 5.10 Å². The monoisotopic (exact) mass is 348 g/mol. The number of likely N-dealkylation sites (tertiary alicyclic amines) is 1. The van der Waals surface area contributed by atoms with Crippen LogP contribution in [0.5, 0.6) is 11.5 Å². The molecule has 0 radical (unpaired) electrons. The zero-order chi connectivity index (χ0) is 16.9. The molecule has 0 aliphatic carbocycles. The number of nitrogens with one attached hydrogen (secondary N) is 1. The van der Waals surface area contributed by atoms with Gasteiger partial charge in [-0.2, -0.15) is 0 Å². The zero-order valence-electron chi connectivity index (χ0n) is 13.7. The second-order valence-corrected chi connectivity index (χ2v) is 6.38. The van der Waals surface area contributed by atoms with Gasteiger partial charge in [-0.1, -0.05) is 4.49 Å². The van der Waals surface area contributed by atoms with Crippen molar-refractivity contribution in [1.82, 2.24) is 14.5 Å². The lowest BCUT2D eigenvalue weighted by molar-refractivity contribution is 0.0723. The second-order valence-electron chi connectivity index (χ2n) is 5.59. The number of ether oxygens (including phenoxy) is 2. The molecule has 2 heterocycles. The highest BCUT2D eigenvalue weighted by Crippen LogP contribution is 2.27. The average molecular weight is 348 g/mol. The van der Waals surface area contributed by atoms with Gasteiger partial charge in [-0.3, -0.25) is 4.79 Å². The van der Waals surface area contributed by atoms with Crippen LogP contribution in [-0.4, -0.2) is 53.7 Å². The Balaban J connectivity index is 1.58. The maximum Gasteiger partial charge on any atom is 0.267 e. The molecule has 1 aliphatic rings. The van der Waals surface area contributed by atoms with Crippen LogP contribution in [-0.2, 0) is 0 Å². The number of hydrogen-bond acceptors (Lipinski definition) is 7. The topological polar surface area (TPSA) is 76.6 Å². The fourth-order valence-electron chi connectivity index (χ4n) is 2.77. The number of nitrogens with zero attached hydrogens (tertiary/aromatic N) is 3. The normalized spacial score (nSPS) is 15.2. The number of rotatable bonds is 5. The molecule has 0 atom stereocenters. The van der Waals surface area contributed by atoms with Crippen LogP contribution in [0.4, 0.5) is 5.69 Å². The summed E-state index contributed by atoms with van der Waals surface area (Å²) in [5.41, 5.74) is 0.961. The third kappa shape index (κ3) is 3.76. The molecule has 1 amide bonds. The SMILES string of the molecule is COc1cc(NC2CCN(C(=O)c3cnns3)CC2)cc(OC)c1. The van der Waals surface area contributed by atoms with E-state index in [0.717, 1.165) is 54.7 Å². The van der Waals surface area contributed by atoms with Gasteiger partial charge in [-0.25, -0.2) is 0 Å². The molecule has 3 rings (SSSR count). The molecule has 1 saturated heterocycles. The first-order valence-corrected chi connectivity index (χ1v) is 8.53. The Bertz CT molecular complexity index is 662. The first kappa shape index (κ1) is 16.5. The molecule has 0 unspecified atom stereocenters. The molecule has 1 aliphatic heterocycles. The van der Waals surface area contributed by atoms with Crippen molar-refractivity contribution in [2.24, 2.45) is 0 Å². The van der Waals surface area contributed by atoms with Gasteiger partial charge in [0.05, 0.1) is 20.4 Å². The number of anilines is 1. The minimum Gasteiger partial charge on any atom is -0.497 e. The summed E-state index contributed by atoms with van der Waals surface area (Å²) in [6.07, 6.45) is 3.30. The first-order chi connectivity index (χ1) is 11.7. The number of piperidine rings is 1. The number of carbonyl (C=O) groups excluding carboxylic acids is 1. The van der Waals surface area contributed by atoms with E-state index in [-0.39, 0.29) is 5.91 Å². The molecule has 1 aromatic carbocycles. The fraction of sp³-hybridized carbons (Fsp3) is 0.438. The van der Waals surface area contributed by atoms with Crippen molar-refractivity contribution in [3.05, 3.63) is 29.3 Å². The van der Waals surface area contributed by atoms with E-state index in [1.165, 1.54) is 6.20 Å². The summed E-state index contributed by atoms with van der Waals surface area (Å²) < 4.78 is 14.3. The zero-order valence-corrected chi connectivity index (χ0v) is 14.5. The van der Waals surface area contributed by atoms with Gasteiger partial charge < -0.3 is 19.7 Å². The van der Waals surface area contributed by atoms with Crippen LogP contribution in [0.25, 0.3) is 0 Å². The lowest BCUT2D eigenvalue weighted by Gasteiger charge is -2.32. The van der Waals surface area contributed by atoms with E-state index in [1.807, 2.05) is 23.1 Å². The third-order valence-corrected chi connectivity index (χ3v) is 4.73. The summed E-state index contributed by atoms with van der Waals surface area (Å²) in [4.78, 5) is 14.8. The van der Waals surface area contributed by atoms with Crippen molar-refractivity contribution in [2.45, 2.75) is 18.9 Å². The average Bonchev–Trinajstić information content (AvgIpc) is 3.16. The second kappa shape index (κ2) is 7.48. The molecule has 0 bridgehead atoms. The Kier molecular flexibility index (Phi) is 5.14. The van der Waals surface area contributed by atoms with E-state index in [0.29, 0.717) is 10.9 Å². The third-order valence-electron chi connectivity index (χ3n) is 4.08. The minimum absolute atomic E-state index is 0.0199. The fourth-order valence-corrected chi connectivity index (χ4v) is 3.25.